The highest BCUT2D eigenvalue weighted by atomic mass is 15.1. The quantitative estimate of drug-likeness (QED) is 0.112. The first-order valence-corrected chi connectivity index (χ1v) is 45.4. The van der Waals surface area contributed by atoms with Crippen LogP contribution in [-0.4, -0.2) is 47.3 Å². The molecular formula is C123H67N17. The summed E-state index contributed by atoms with van der Waals surface area (Å²) >= 11 is 0. The molecule has 0 atom stereocenters. The zero-order chi connectivity index (χ0) is 93.9. The van der Waals surface area contributed by atoms with Gasteiger partial charge in [0.15, 0.2) is 28.6 Å². The summed E-state index contributed by atoms with van der Waals surface area (Å²) in [7, 11) is 0. The van der Waals surface area contributed by atoms with Crippen molar-refractivity contribution in [1.29, 1.82) is 5.26 Å². The molecule has 8 heterocycles. The maximum atomic E-state index is 11.0. The third kappa shape index (κ3) is 13.1. The van der Waals surface area contributed by atoms with E-state index in [0.717, 1.165) is 143 Å². The fraction of sp³-hybridized carbons (Fsp3) is 0. The van der Waals surface area contributed by atoms with Crippen molar-refractivity contribution >= 4 is 165 Å². The van der Waals surface area contributed by atoms with Crippen molar-refractivity contribution in [1.82, 2.24) is 47.3 Å². The van der Waals surface area contributed by atoms with Gasteiger partial charge in [-0.2, -0.15) is 5.26 Å². The highest BCUT2D eigenvalue weighted by molar-refractivity contribution is 6.18. The SMILES string of the molecule is [C-]#[N+]c1cccc(-c2cc(-c3ccc(-n4c5ccc(-n6c7ccccc7c7ccccc76)cc5c5cc(-n6c7ccccc7c7ccccc76)ccc54)cc3C#N)nc(-c3cccc([N+]#[C-])c3)n2)c1.[C-]#[N+]c1ccccc1-c1cc(-c2cc([N+]#[C-])c(-n3c4ccc(-n5c6ccccc6c6ccccc65)cc4c4cc(-n5c6ccccc6c6ccccc65)ccc43)c([N+]#[C-])c2)nc(-c2ccccc2[N+]#[C-])n1. The van der Waals surface area contributed by atoms with E-state index in [1.165, 1.54) is 21.5 Å². The minimum atomic E-state index is 0.259. The summed E-state index contributed by atoms with van der Waals surface area (Å²) in [5, 5.41) is 24.5. The van der Waals surface area contributed by atoms with E-state index in [2.05, 4.69) is 336 Å². The van der Waals surface area contributed by atoms with Crippen molar-refractivity contribution in [2.75, 3.05) is 0 Å². The minimum Gasteiger partial charge on any atom is -0.329 e. The lowest BCUT2D eigenvalue weighted by atomic mass is 10.0. The third-order valence-corrected chi connectivity index (χ3v) is 26.8. The van der Waals surface area contributed by atoms with E-state index < -0.39 is 0 Å². The second-order valence-corrected chi connectivity index (χ2v) is 34.4. The van der Waals surface area contributed by atoms with Crippen molar-refractivity contribution in [2.24, 2.45) is 0 Å². The molecule has 0 saturated carbocycles. The van der Waals surface area contributed by atoms with Gasteiger partial charge in [-0.25, -0.2) is 49.0 Å². The van der Waals surface area contributed by atoms with Gasteiger partial charge in [-0.3, -0.25) is 0 Å². The van der Waals surface area contributed by atoms with Crippen LogP contribution in [0.5, 0.6) is 0 Å². The molecule has 140 heavy (non-hydrogen) atoms. The van der Waals surface area contributed by atoms with E-state index in [1.54, 1.807) is 66.7 Å². The average molecular weight is 1780 g/mol. The van der Waals surface area contributed by atoms with Crippen LogP contribution in [0, 0.1) is 50.8 Å². The molecule has 18 aromatic carbocycles. The standard InChI is InChI=1S/C62H33N9.C61H34N8/c1-63-49-23-11-5-21-45(49)52-37-51(67-62(68-52)46-22-6-12-24-50(46)64-2)38-33-53(65-3)61(54(34-38)66-4)71-59-31-29-39(69-55-25-13-7-17-41(55)42-18-8-14-26-56(42)69)35-47(59)48-36-40(30-32-60(48)71)70-57-27-15-9-19-43(57)44-20-10-16-28-58(44)70;1-63-41-15-11-13-38(31-41)53-36-54(66-61(65-53)39-14-12-16-42(32-39)64-2)46-28-25-43(33-40(46)37-62)67-59-29-26-44(68-55-21-7-3-17-47(55)48-18-4-8-22-56(48)68)34-51(59)52-35-45(27-30-60(52)67)69-57-23-9-5-19-49(57)50-20-6-10-24-58(50)69/h5-37H;3-36H. The van der Waals surface area contributed by atoms with Gasteiger partial charge in [0.25, 0.3) is 0 Å². The number of para-hydroxylation sites is 10. The number of hydrogen-bond donors (Lipinski definition) is 0. The molecule has 0 amide bonds. The van der Waals surface area contributed by atoms with Gasteiger partial charge in [0, 0.05) is 115 Å². The van der Waals surface area contributed by atoms with Gasteiger partial charge in [-0.05, 0) is 187 Å². The topological polar surface area (TPSA) is 131 Å². The van der Waals surface area contributed by atoms with Gasteiger partial charge in [-0.15, -0.1) is 0 Å². The number of rotatable bonds is 12. The number of nitrogens with zero attached hydrogens (tertiary/aromatic N) is 17. The molecule has 0 aliphatic heterocycles. The maximum absolute atomic E-state index is 11.0. The van der Waals surface area contributed by atoms with Gasteiger partial charge >= 0.3 is 0 Å². The Labute approximate surface area is 800 Å². The lowest BCUT2D eigenvalue weighted by molar-refractivity contribution is 1.15. The lowest BCUT2D eigenvalue weighted by Gasteiger charge is -2.16. The Morgan fingerprint density at radius 2 is 0.493 bits per heavy atom. The van der Waals surface area contributed by atoms with Crippen molar-refractivity contribution in [3.05, 3.63) is 481 Å². The Morgan fingerprint density at radius 1 is 0.200 bits per heavy atom. The van der Waals surface area contributed by atoms with E-state index in [4.69, 9.17) is 59.4 Å². The largest absolute Gasteiger partial charge is 0.329 e. The van der Waals surface area contributed by atoms with Crippen molar-refractivity contribution < 1.29 is 0 Å². The number of aromatic nitrogens is 10. The van der Waals surface area contributed by atoms with Gasteiger partial charge in [0.2, 0.25) is 11.4 Å². The molecular weight excluding hydrogens is 1720 g/mol. The second-order valence-electron chi connectivity index (χ2n) is 34.4. The number of benzene rings is 18. The summed E-state index contributed by atoms with van der Waals surface area (Å²) in [6.45, 7) is 48.7. The number of hydrogen-bond acceptors (Lipinski definition) is 5. The predicted molar refractivity (Wildman–Crippen MR) is 565 cm³/mol. The molecule has 0 N–H and O–H groups in total. The van der Waals surface area contributed by atoms with Gasteiger partial charge in [0.1, 0.15) is 5.82 Å². The van der Waals surface area contributed by atoms with Crippen LogP contribution in [0.3, 0.4) is 0 Å². The summed E-state index contributed by atoms with van der Waals surface area (Å²) in [5.41, 5.74) is 26.4. The van der Waals surface area contributed by atoms with E-state index in [-0.39, 0.29) is 11.4 Å². The van der Waals surface area contributed by atoms with Crippen molar-refractivity contribution in [3.63, 3.8) is 0 Å². The number of nitriles is 1. The van der Waals surface area contributed by atoms with Crippen LogP contribution in [0.15, 0.2) is 406 Å². The van der Waals surface area contributed by atoms with Crippen LogP contribution < -0.4 is 0 Å². The molecule has 0 bridgehead atoms. The second kappa shape index (κ2) is 33.0. The smallest absolute Gasteiger partial charge is 0.200 e. The summed E-state index contributed by atoms with van der Waals surface area (Å²) < 4.78 is 13.6. The molecule has 0 spiro atoms. The Balaban J connectivity index is 0.000000148. The van der Waals surface area contributed by atoms with E-state index in [0.29, 0.717) is 96.2 Å². The summed E-state index contributed by atoms with van der Waals surface area (Å²) in [5.74, 6) is 0.705. The molecule has 26 aromatic rings. The predicted octanol–water partition coefficient (Wildman–Crippen LogP) is 32.7. The highest BCUT2D eigenvalue weighted by Gasteiger charge is 2.28. The molecule has 8 aromatic heterocycles. The summed E-state index contributed by atoms with van der Waals surface area (Å²) in [6, 6.07) is 139. The molecule has 0 saturated heterocycles. The number of fused-ring (bicyclic) bond motifs is 18. The van der Waals surface area contributed by atoms with Crippen LogP contribution in [0.4, 0.5) is 34.1 Å². The zero-order valence-electron chi connectivity index (χ0n) is 74.3. The normalized spacial score (nSPS) is 11.4. The van der Waals surface area contributed by atoms with E-state index in [1.807, 2.05) is 66.7 Å². The summed E-state index contributed by atoms with van der Waals surface area (Å²) in [6.07, 6.45) is 0. The molecule has 26 rings (SSSR count). The Kier molecular flexibility index (Phi) is 19.2. The molecule has 17 heteroatoms. The van der Waals surface area contributed by atoms with Crippen molar-refractivity contribution in [2.45, 2.75) is 0 Å². The summed E-state index contributed by atoms with van der Waals surface area (Å²) in [4.78, 5) is 43.1. The average Bonchev–Trinajstić information content (AvgIpc) is 1.56. The van der Waals surface area contributed by atoms with Crippen LogP contribution >= 0.6 is 0 Å². The highest BCUT2D eigenvalue weighted by Crippen LogP contribution is 2.49. The van der Waals surface area contributed by atoms with E-state index >= 15 is 0 Å². The minimum absolute atomic E-state index is 0.259. The molecule has 0 radical (unpaired) electrons. The van der Waals surface area contributed by atoms with E-state index in [9.17, 15) is 5.26 Å². The van der Waals surface area contributed by atoms with Crippen LogP contribution in [-0.2, 0) is 0 Å². The monoisotopic (exact) mass is 1780 g/mol. The maximum Gasteiger partial charge on any atom is 0.200 e. The molecule has 0 aliphatic rings. The first-order valence-electron chi connectivity index (χ1n) is 45.4. The van der Waals surface area contributed by atoms with Crippen molar-refractivity contribution in [3.8, 4) is 108 Å². The molecule has 644 valence electrons. The Bertz CT molecular complexity index is 9440. The van der Waals surface area contributed by atoms with Gasteiger partial charge in [0.05, 0.1) is 146 Å². The van der Waals surface area contributed by atoms with Gasteiger partial charge in [-0.1, -0.05) is 231 Å². The first-order chi connectivity index (χ1) is 69.1. The third-order valence-electron chi connectivity index (χ3n) is 26.8. The molecule has 17 nitrogen and oxygen atoms in total. The molecule has 0 fully saturated rings. The Hall–Kier alpha value is -20.6. The zero-order valence-corrected chi connectivity index (χ0v) is 74.3. The van der Waals surface area contributed by atoms with Gasteiger partial charge < -0.3 is 27.4 Å². The fourth-order valence-corrected chi connectivity index (χ4v) is 20.7. The molecule has 0 aliphatic carbocycles. The van der Waals surface area contributed by atoms with Crippen LogP contribution in [0.2, 0.25) is 0 Å². The fourth-order valence-electron chi connectivity index (χ4n) is 20.7. The lowest BCUT2D eigenvalue weighted by Crippen LogP contribution is -2.00. The van der Waals surface area contributed by atoms with Crippen LogP contribution in [0.1, 0.15) is 5.56 Å². The van der Waals surface area contributed by atoms with Crippen LogP contribution in [0.25, 0.3) is 262 Å². The Morgan fingerprint density at radius 3 is 0.879 bits per heavy atom. The molecule has 0 unspecified atom stereocenters. The first kappa shape index (κ1) is 81.4.